The van der Waals surface area contributed by atoms with E-state index in [9.17, 15) is 8.42 Å². The predicted octanol–water partition coefficient (Wildman–Crippen LogP) is 2.15. The number of hydrogen-bond acceptors (Lipinski definition) is 4. The number of aliphatic imine (C=N–C) groups is 1. The lowest BCUT2D eigenvalue weighted by Crippen LogP contribution is -2.39. The summed E-state index contributed by atoms with van der Waals surface area (Å²) >= 11 is 0. The smallest absolute Gasteiger partial charge is 0.193 e. The van der Waals surface area contributed by atoms with Gasteiger partial charge < -0.3 is 10.2 Å². The summed E-state index contributed by atoms with van der Waals surface area (Å²) in [5.41, 5.74) is 2.23. The summed E-state index contributed by atoms with van der Waals surface area (Å²) in [7, 11) is 0.704. The average molecular weight is 386 g/mol. The maximum atomic E-state index is 12.3. The molecule has 8 heteroatoms. The zero-order valence-electron chi connectivity index (χ0n) is 17.5. The molecule has 0 bridgehead atoms. The number of aryl methyl sites for hydroxylation is 1. The van der Waals surface area contributed by atoms with Crippen molar-refractivity contribution in [3.8, 4) is 0 Å². The monoisotopic (exact) mass is 385 g/mol. The molecule has 0 aromatic carbocycles. The molecule has 1 aromatic rings. The Balaban J connectivity index is 2.89. The van der Waals surface area contributed by atoms with Crippen LogP contribution in [0.3, 0.4) is 0 Å². The highest BCUT2D eigenvalue weighted by atomic mass is 32.2. The van der Waals surface area contributed by atoms with Crippen molar-refractivity contribution in [2.24, 2.45) is 12.0 Å². The van der Waals surface area contributed by atoms with Gasteiger partial charge in [-0.05, 0) is 33.6 Å². The molecule has 1 N–H and O–H groups in total. The number of sulfone groups is 1. The standard InChI is InChI=1S/C18H35N5O2S/c1-9-19-17(20-10-11-26(24,25)18(4,5)6)22(7)12-15-13-23(8)21-16(15)14(2)3/h13-14H,9-12H2,1-8H3,(H,19,20). The van der Waals surface area contributed by atoms with Crippen molar-refractivity contribution in [1.82, 2.24) is 20.0 Å². The first-order valence-corrected chi connectivity index (χ1v) is 10.8. The van der Waals surface area contributed by atoms with Crippen molar-refractivity contribution in [3.63, 3.8) is 0 Å². The molecule has 1 heterocycles. The molecule has 0 saturated carbocycles. The van der Waals surface area contributed by atoms with E-state index in [0.717, 1.165) is 17.8 Å². The fraction of sp³-hybridized carbons (Fsp3) is 0.778. The zero-order chi connectivity index (χ0) is 20.1. The molecule has 0 aliphatic rings. The molecule has 0 atom stereocenters. The van der Waals surface area contributed by atoms with E-state index in [4.69, 9.17) is 0 Å². The van der Waals surface area contributed by atoms with Crippen molar-refractivity contribution in [2.45, 2.75) is 58.8 Å². The van der Waals surface area contributed by atoms with Gasteiger partial charge in [-0.25, -0.2) is 8.42 Å². The Hall–Kier alpha value is -1.57. The highest BCUT2D eigenvalue weighted by molar-refractivity contribution is 7.92. The number of aromatic nitrogens is 2. The zero-order valence-corrected chi connectivity index (χ0v) is 18.3. The lowest BCUT2D eigenvalue weighted by Gasteiger charge is -2.23. The largest absolute Gasteiger partial charge is 0.357 e. The van der Waals surface area contributed by atoms with E-state index in [2.05, 4.69) is 29.3 Å². The summed E-state index contributed by atoms with van der Waals surface area (Å²) < 4.78 is 25.6. The Morgan fingerprint density at radius 3 is 2.50 bits per heavy atom. The van der Waals surface area contributed by atoms with Gasteiger partial charge in [0.25, 0.3) is 0 Å². The number of guanidine groups is 1. The van der Waals surface area contributed by atoms with Gasteiger partial charge in [0.05, 0.1) is 22.7 Å². The van der Waals surface area contributed by atoms with Crippen LogP contribution in [0.2, 0.25) is 0 Å². The Labute approximate surface area is 158 Å². The van der Waals surface area contributed by atoms with E-state index in [1.807, 2.05) is 36.8 Å². The van der Waals surface area contributed by atoms with Crippen molar-refractivity contribution in [2.75, 3.05) is 25.9 Å². The van der Waals surface area contributed by atoms with Crippen LogP contribution in [0.25, 0.3) is 0 Å². The summed E-state index contributed by atoms with van der Waals surface area (Å²) in [5.74, 6) is 1.09. The minimum Gasteiger partial charge on any atom is -0.357 e. The summed E-state index contributed by atoms with van der Waals surface area (Å²) in [6, 6.07) is 0. The molecule has 1 rings (SSSR count). The van der Waals surface area contributed by atoms with E-state index < -0.39 is 14.6 Å². The summed E-state index contributed by atoms with van der Waals surface area (Å²) in [6.45, 7) is 13.1. The average Bonchev–Trinajstić information content (AvgIpc) is 2.85. The molecule has 0 aliphatic carbocycles. The number of rotatable bonds is 7. The third-order valence-electron chi connectivity index (χ3n) is 4.14. The minimum absolute atomic E-state index is 0.0450. The lowest BCUT2D eigenvalue weighted by atomic mass is 10.1. The quantitative estimate of drug-likeness (QED) is 0.575. The van der Waals surface area contributed by atoms with Gasteiger partial charge in [0.1, 0.15) is 0 Å². The van der Waals surface area contributed by atoms with Crippen LogP contribution in [0.1, 0.15) is 58.7 Å². The van der Waals surface area contributed by atoms with E-state index in [-0.39, 0.29) is 12.3 Å². The molecule has 1 aromatic heterocycles. The molecule has 26 heavy (non-hydrogen) atoms. The number of nitrogens with zero attached hydrogens (tertiary/aromatic N) is 4. The number of nitrogens with one attached hydrogen (secondary N) is 1. The van der Waals surface area contributed by atoms with E-state index in [1.165, 1.54) is 0 Å². The lowest BCUT2D eigenvalue weighted by molar-refractivity contribution is 0.474. The maximum absolute atomic E-state index is 12.3. The molecule has 0 radical (unpaired) electrons. The van der Waals surface area contributed by atoms with Crippen LogP contribution >= 0.6 is 0 Å². The molecule has 0 saturated heterocycles. The molecular formula is C18H35N5O2S. The highest BCUT2D eigenvalue weighted by Crippen LogP contribution is 2.19. The van der Waals surface area contributed by atoms with Crippen LogP contribution < -0.4 is 5.32 Å². The van der Waals surface area contributed by atoms with Crippen LogP contribution in [-0.2, 0) is 23.4 Å². The van der Waals surface area contributed by atoms with Crippen molar-refractivity contribution >= 4 is 15.8 Å². The van der Waals surface area contributed by atoms with Crippen LogP contribution in [0.15, 0.2) is 11.2 Å². The van der Waals surface area contributed by atoms with Gasteiger partial charge in [-0.3, -0.25) is 9.67 Å². The van der Waals surface area contributed by atoms with Gasteiger partial charge in [0.2, 0.25) is 0 Å². The molecule has 0 spiro atoms. The van der Waals surface area contributed by atoms with Gasteiger partial charge >= 0.3 is 0 Å². The third kappa shape index (κ3) is 6.00. The summed E-state index contributed by atoms with van der Waals surface area (Å²) in [4.78, 5) is 6.52. The summed E-state index contributed by atoms with van der Waals surface area (Å²) in [6.07, 6.45) is 2.03. The molecule has 0 fully saturated rings. The topological polar surface area (TPSA) is 79.6 Å². The molecule has 7 nitrogen and oxygen atoms in total. The molecular weight excluding hydrogens is 350 g/mol. The van der Waals surface area contributed by atoms with E-state index >= 15 is 0 Å². The van der Waals surface area contributed by atoms with Gasteiger partial charge in [-0.2, -0.15) is 5.10 Å². The Morgan fingerprint density at radius 1 is 1.38 bits per heavy atom. The first-order chi connectivity index (χ1) is 11.9. The second-order valence-corrected chi connectivity index (χ2v) is 10.8. The first kappa shape index (κ1) is 22.5. The first-order valence-electron chi connectivity index (χ1n) is 9.13. The molecule has 150 valence electrons. The fourth-order valence-corrected chi connectivity index (χ4v) is 3.48. The Bertz CT molecular complexity index is 714. The molecule has 0 aliphatic heterocycles. The second kappa shape index (κ2) is 8.88. The van der Waals surface area contributed by atoms with Crippen molar-refractivity contribution < 1.29 is 8.42 Å². The van der Waals surface area contributed by atoms with E-state index in [0.29, 0.717) is 18.4 Å². The fourth-order valence-electron chi connectivity index (χ4n) is 2.54. The van der Waals surface area contributed by atoms with Gasteiger partial charge in [0, 0.05) is 38.9 Å². The molecule has 0 unspecified atom stereocenters. The Morgan fingerprint density at radius 2 is 2.00 bits per heavy atom. The van der Waals surface area contributed by atoms with Crippen LogP contribution in [0.4, 0.5) is 0 Å². The normalized spacial score (nSPS) is 13.3. The second-order valence-electron chi connectivity index (χ2n) is 7.89. The maximum Gasteiger partial charge on any atom is 0.193 e. The third-order valence-corrected chi connectivity index (χ3v) is 6.73. The van der Waals surface area contributed by atoms with Crippen LogP contribution in [-0.4, -0.2) is 59.7 Å². The number of hydrogen-bond donors (Lipinski definition) is 1. The van der Waals surface area contributed by atoms with E-state index in [1.54, 1.807) is 20.8 Å². The van der Waals surface area contributed by atoms with Crippen LogP contribution in [0.5, 0.6) is 0 Å². The van der Waals surface area contributed by atoms with Gasteiger partial charge in [-0.15, -0.1) is 0 Å². The van der Waals surface area contributed by atoms with Gasteiger partial charge in [-0.1, -0.05) is 13.8 Å². The van der Waals surface area contributed by atoms with Crippen molar-refractivity contribution in [3.05, 3.63) is 17.5 Å². The Kier molecular flexibility index (Phi) is 7.68. The molecule has 0 amide bonds. The van der Waals surface area contributed by atoms with Gasteiger partial charge in [0.15, 0.2) is 15.8 Å². The minimum atomic E-state index is -3.17. The predicted molar refractivity (Wildman–Crippen MR) is 108 cm³/mol. The van der Waals surface area contributed by atoms with Crippen molar-refractivity contribution in [1.29, 1.82) is 0 Å². The van der Waals surface area contributed by atoms with Crippen LogP contribution in [0, 0.1) is 0 Å². The SMILES string of the molecule is CCNC(=NCCS(=O)(=O)C(C)(C)C)N(C)Cc1cn(C)nc1C(C)C. The summed E-state index contributed by atoms with van der Waals surface area (Å²) in [5, 5.41) is 7.78. The highest BCUT2D eigenvalue weighted by Gasteiger charge is 2.28.